The lowest BCUT2D eigenvalue weighted by molar-refractivity contribution is -0.116. The zero-order chi connectivity index (χ0) is 22.4. The molecule has 1 aromatic heterocycles. The van der Waals surface area contributed by atoms with Gasteiger partial charge in [0, 0.05) is 12.2 Å². The fraction of sp³-hybridized carbons (Fsp3) is 0.200. The summed E-state index contributed by atoms with van der Waals surface area (Å²) in [6.45, 7) is 2.42. The molecule has 0 bridgehead atoms. The number of halogens is 3. The number of aromatic nitrogens is 3. The largest absolute Gasteiger partial charge is 0.325 e. The molecule has 3 aromatic rings. The number of nitrogens with one attached hydrogen (secondary N) is 2. The molecule has 0 spiro atoms. The van der Waals surface area contributed by atoms with Crippen molar-refractivity contribution in [3.63, 3.8) is 0 Å². The number of rotatable bonds is 8. The summed E-state index contributed by atoms with van der Waals surface area (Å²) in [7, 11) is 0. The lowest BCUT2D eigenvalue weighted by atomic mass is 10.3. The van der Waals surface area contributed by atoms with E-state index in [9.17, 15) is 14.0 Å². The van der Waals surface area contributed by atoms with Crippen LogP contribution in [0.25, 0.3) is 0 Å². The number of hydrogen-bond acceptors (Lipinski definition) is 5. The summed E-state index contributed by atoms with van der Waals surface area (Å²) >= 11 is 13.0. The van der Waals surface area contributed by atoms with Crippen molar-refractivity contribution in [3.8, 4) is 0 Å². The van der Waals surface area contributed by atoms with Crippen LogP contribution in [0.15, 0.2) is 47.6 Å². The van der Waals surface area contributed by atoms with Gasteiger partial charge in [0.15, 0.2) is 5.16 Å². The molecule has 0 atom stereocenters. The van der Waals surface area contributed by atoms with Crippen LogP contribution in [0.3, 0.4) is 0 Å². The number of anilines is 2. The summed E-state index contributed by atoms with van der Waals surface area (Å²) in [4.78, 5) is 24.6. The number of amides is 2. The Morgan fingerprint density at radius 1 is 1.06 bits per heavy atom. The van der Waals surface area contributed by atoms with Crippen LogP contribution in [0.1, 0.15) is 12.7 Å². The molecule has 0 radical (unpaired) electrons. The van der Waals surface area contributed by atoms with E-state index in [1.165, 1.54) is 30.0 Å². The van der Waals surface area contributed by atoms with Gasteiger partial charge in [0.25, 0.3) is 0 Å². The lowest BCUT2D eigenvalue weighted by Gasteiger charge is -2.09. The minimum absolute atomic E-state index is 0.00684. The maximum Gasteiger partial charge on any atom is 0.234 e. The first-order valence-electron chi connectivity index (χ1n) is 9.21. The Kier molecular flexibility index (Phi) is 7.89. The third-order valence-corrected chi connectivity index (χ3v) is 5.70. The Morgan fingerprint density at radius 3 is 2.55 bits per heavy atom. The van der Waals surface area contributed by atoms with Crippen molar-refractivity contribution >= 4 is 58.2 Å². The molecule has 2 N–H and O–H groups in total. The molecule has 11 heteroatoms. The van der Waals surface area contributed by atoms with Crippen LogP contribution in [-0.2, 0) is 22.6 Å². The van der Waals surface area contributed by atoms with Gasteiger partial charge in [0.1, 0.15) is 11.6 Å². The van der Waals surface area contributed by atoms with Gasteiger partial charge < -0.3 is 15.2 Å². The summed E-state index contributed by atoms with van der Waals surface area (Å²) < 4.78 is 15.0. The standard InChI is InChI=1S/C20H18Cl2FN5O2S/c1-2-28-17(10-18(29)25-16-6-4-3-5-13(16)21)26-27-20(28)31-11-19(30)24-12-7-8-15(23)14(22)9-12/h3-9H,2,10-11H2,1H3,(H,24,30)(H,25,29). The minimum Gasteiger partial charge on any atom is -0.325 e. The molecule has 7 nitrogen and oxygen atoms in total. The van der Waals surface area contributed by atoms with Crippen LogP contribution in [-0.4, -0.2) is 32.3 Å². The monoisotopic (exact) mass is 481 g/mol. The predicted molar refractivity (Wildman–Crippen MR) is 120 cm³/mol. The van der Waals surface area contributed by atoms with Gasteiger partial charge in [0.05, 0.1) is 27.9 Å². The van der Waals surface area contributed by atoms with Crippen LogP contribution in [0.4, 0.5) is 15.8 Å². The first kappa shape index (κ1) is 23.1. The van der Waals surface area contributed by atoms with Gasteiger partial charge in [-0.1, -0.05) is 47.1 Å². The van der Waals surface area contributed by atoms with E-state index in [1.54, 1.807) is 28.8 Å². The molecule has 2 amide bonds. The number of hydrogen-bond donors (Lipinski definition) is 2. The Morgan fingerprint density at radius 2 is 1.84 bits per heavy atom. The van der Waals surface area contributed by atoms with Crippen molar-refractivity contribution in [1.29, 1.82) is 0 Å². The molecule has 3 rings (SSSR count). The highest BCUT2D eigenvalue weighted by molar-refractivity contribution is 7.99. The number of carbonyl (C=O) groups is 2. The molecule has 0 saturated heterocycles. The second kappa shape index (κ2) is 10.6. The highest BCUT2D eigenvalue weighted by Crippen LogP contribution is 2.22. The molecule has 0 aliphatic heterocycles. The third kappa shape index (κ3) is 6.19. The average Bonchev–Trinajstić information content (AvgIpc) is 3.12. The molecular weight excluding hydrogens is 464 g/mol. The lowest BCUT2D eigenvalue weighted by Crippen LogP contribution is -2.18. The zero-order valence-corrected chi connectivity index (χ0v) is 18.7. The molecule has 2 aromatic carbocycles. The fourth-order valence-electron chi connectivity index (χ4n) is 2.68. The van der Waals surface area contributed by atoms with Crippen molar-refractivity contribution in [2.75, 3.05) is 16.4 Å². The van der Waals surface area contributed by atoms with E-state index in [2.05, 4.69) is 20.8 Å². The van der Waals surface area contributed by atoms with Gasteiger partial charge in [-0.25, -0.2) is 4.39 Å². The molecule has 1 heterocycles. The molecule has 31 heavy (non-hydrogen) atoms. The van der Waals surface area contributed by atoms with Crippen LogP contribution in [0, 0.1) is 5.82 Å². The normalized spacial score (nSPS) is 10.7. The van der Waals surface area contributed by atoms with Crippen LogP contribution < -0.4 is 10.6 Å². The second-order valence-corrected chi connectivity index (χ2v) is 8.07. The Bertz CT molecular complexity index is 1110. The van der Waals surface area contributed by atoms with E-state index in [0.717, 1.165) is 0 Å². The van der Waals surface area contributed by atoms with Crippen molar-refractivity contribution in [3.05, 3.63) is 64.2 Å². The summed E-state index contributed by atoms with van der Waals surface area (Å²) in [5, 5.41) is 14.4. The summed E-state index contributed by atoms with van der Waals surface area (Å²) in [5.74, 6) is -0.621. The summed E-state index contributed by atoms with van der Waals surface area (Å²) in [6.07, 6.45) is 0.00684. The maximum atomic E-state index is 13.2. The van der Waals surface area contributed by atoms with Crippen molar-refractivity contribution in [2.24, 2.45) is 0 Å². The Labute approximate surface area is 192 Å². The molecule has 0 fully saturated rings. The van der Waals surface area contributed by atoms with Crippen molar-refractivity contribution < 1.29 is 14.0 Å². The molecule has 162 valence electrons. The quantitative estimate of drug-likeness (QED) is 0.456. The molecular formula is C20H18Cl2FN5O2S. The van der Waals surface area contributed by atoms with Crippen LogP contribution in [0.5, 0.6) is 0 Å². The van der Waals surface area contributed by atoms with Gasteiger partial charge in [-0.2, -0.15) is 0 Å². The van der Waals surface area contributed by atoms with E-state index in [0.29, 0.717) is 33.9 Å². The first-order chi connectivity index (χ1) is 14.9. The maximum absolute atomic E-state index is 13.2. The number of thioether (sulfide) groups is 1. The Hall–Kier alpha value is -2.62. The number of nitrogens with zero attached hydrogens (tertiary/aromatic N) is 3. The van der Waals surface area contributed by atoms with Gasteiger partial charge in [-0.15, -0.1) is 10.2 Å². The molecule has 0 aliphatic carbocycles. The van der Waals surface area contributed by atoms with Crippen LogP contribution >= 0.6 is 35.0 Å². The van der Waals surface area contributed by atoms with E-state index in [4.69, 9.17) is 23.2 Å². The summed E-state index contributed by atoms with van der Waals surface area (Å²) in [6, 6.07) is 10.9. The highest BCUT2D eigenvalue weighted by Gasteiger charge is 2.17. The molecule has 0 saturated carbocycles. The fourth-order valence-corrected chi connectivity index (χ4v) is 3.86. The first-order valence-corrected chi connectivity index (χ1v) is 11.0. The highest BCUT2D eigenvalue weighted by atomic mass is 35.5. The van der Waals surface area contributed by atoms with Crippen molar-refractivity contribution in [1.82, 2.24) is 14.8 Å². The van der Waals surface area contributed by atoms with E-state index >= 15 is 0 Å². The van der Waals surface area contributed by atoms with E-state index in [1.807, 2.05) is 6.92 Å². The van der Waals surface area contributed by atoms with Gasteiger partial charge in [0.2, 0.25) is 11.8 Å². The second-order valence-electron chi connectivity index (χ2n) is 6.31. The third-order valence-electron chi connectivity index (χ3n) is 4.11. The van der Waals surface area contributed by atoms with Crippen molar-refractivity contribution in [2.45, 2.75) is 25.0 Å². The molecule has 0 aliphatic rings. The van der Waals surface area contributed by atoms with E-state index in [-0.39, 0.29) is 29.0 Å². The van der Waals surface area contributed by atoms with E-state index < -0.39 is 5.82 Å². The number of benzene rings is 2. The topological polar surface area (TPSA) is 88.9 Å². The number of carbonyl (C=O) groups excluding carboxylic acids is 2. The van der Waals surface area contributed by atoms with Gasteiger partial charge in [-0.3, -0.25) is 9.59 Å². The average molecular weight is 482 g/mol. The summed E-state index contributed by atoms with van der Waals surface area (Å²) in [5.41, 5.74) is 0.912. The Balaban J connectivity index is 1.59. The molecule has 0 unspecified atom stereocenters. The SMILES string of the molecule is CCn1c(CC(=O)Nc2ccccc2Cl)nnc1SCC(=O)Nc1ccc(F)c(Cl)c1. The number of para-hydroxylation sites is 1. The smallest absolute Gasteiger partial charge is 0.234 e. The van der Waals surface area contributed by atoms with Crippen LogP contribution in [0.2, 0.25) is 10.0 Å². The minimum atomic E-state index is -0.559. The van der Waals surface area contributed by atoms with Gasteiger partial charge in [-0.05, 0) is 37.3 Å². The van der Waals surface area contributed by atoms with Gasteiger partial charge >= 0.3 is 0 Å². The predicted octanol–water partition coefficient (Wildman–Crippen LogP) is 4.66. The zero-order valence-electron chi connectivity index (χ0n) is 16.4.